The van der Waals surface area contributed by atoms with Gasteiger partial charge in [0, 0.05) is 14.5 Å². The molecule has 1 fully saturated rings. The molecule has 1 amide bonds. The molecule has 1 aromatic rings. The van der Waals surface area contributed by atoms with E-state index in [4.69, 9.17) is 1.37 Å². The van der Waals surface area contributed by atoms with Gasteiger partial charge in [0.05, 0.1) is 6.42 Å². The Kier molecular flexibility index (Phi) is 4.74. The number of aryl methyl sites for hydroxylation is 2. The normalized spacial score (nSPS) is 22.5. The van der Waals surface area contributed by atoms with Gasteiger partial charge < -0.3 is 4.90 Å². The van der Waals surface area contributed by atoms with Crippen LogP contribution in [0.1, 0.15) is 63.5 Å². The number of carbonyl (C=O) groups excluding carboxylic acids is 1. The van der Waals surface area contributed by atoms with Crippen LogP contribution in [-0.4, -0.2) is 23.9 Å². The summed E-state index contributed by atoms with van der Waals surface area (Å²) in [6.07, 6.45) is 8.62. The average Bonchev–Trinajstić information content (AvgIpc) is 2.94. The van der Waals surface area contributed by atoms with Crippen molar-refractivity contribution >= 4 is 5.91 Å². The first kappa shape index (κ1) is 14.3. The largest absolute Gasteiger partial charge is 0.342 e. The zero-order valence-electron chi connectivity index (χ0n) is 14.8. The lowest BCUT2D eigenvalue weighted by Gasteiger charge is -2.32. The van der Waals surface area contributed by atoms with Crippen molar-refractivity contribution in [3.63, 3.8) is 0 Å². The quantitative estimate of drug-likeness (QED) is 0.800. The Balaban J connectivity index is 1.53. The van der Waals surface area contributed by atoms with E-state index >= 15 is 0 Å². The third kappa shape index (κ3) is 3.71. The summed E-state index contributed by atoms with van der Waals surface area (Å²) in [6, 6.07) is 6.32. The summed E-state index contributed by atoms with van der Waals surface area (Å²) >= 11 is 0. The van der Waals surface area contributed by atoms with Crippen LogP contribution in [0.4, 0.5) is 0 Å². The molecule has 0 saturated carbocycles. The minimum absolute atomic E-state index is 0.0886. The molecule has 1 unspecified atom stereocenters. The van der Waals surface area contributed by atoms with E-state index in [1.165, 1.54) is 37.7 Å². The van der Waals surface area contributed by atoms with Gasteiger partial charge in [-0.1, -0.05) is 44.4 Å². The fourth-order valence-corrected chi connectivity index (χ4v) is 3.81. The molecule has 1 aromatic carbocycles. The van der Waals surface area contributed by atoms with Crippen LogP contribution in [0.2, 0.25) is 0 Å². The molecule has 0 aromatic heterocycles. The second-order valence-corrected chi connectivity index (χ2v) is 6.92. The highest BCUT2D eigenvalue weighted by Crippen LogP contribution is 2.25. The molecule has 1 atom stereocenters. The minimum Gasteiger partial charge on any atom is -0.342 e. The Labute approximate surface area is 136 Å². The SMILES string of the molecule is [2H]C1CCc2ccc(CC(=O)N3CCC(CCCC)CC3)cc21. The second kappa shape index (κ2) is 7.30. The maximum Gasteiger partial charge on any atom is 0.226 e. The van der Waals surface area contributed by atoms with E-state index in [1.54, 1.807) is 0 Å². The van der Waals surface area contributed by atoms with E-state index in [0.717, 1.165) is 43.0 Å². The van der Waals surface area contributed by atoms with E-state index in [-0.39, 0.29) is 12.3 Å². The molecule has 120 valence electrons. The van der Waals surface area contributed by atoms with E-state index in [1.807, 2.05) is 4.90 Å². The summed E-state index contributed by atoms with van der Waals surface area (Å²) in [4.78, 5) is 14.6. The lowest BCUT2D eigenvalue weighted by atomic mass is 9.91. The van der Waals surface area contributed by atoms with Crippen molar-refractivity contribution in [1.29, 1.82) is 0 Å². The highest BCUT2D eigenvalue weighted by Gasteiger charge is 2.22. The van der Waals surface area contributed by atoms with Crippen LogP contribution in [0.3, 0.4) is 0 Å². The van der Waals surface area contributed by atoms with Crippen LogP contribution in [-0.2, 0) is 24.0 Å². The predicted molar refractivity (Wildman–Crippen MR) is 91.0 cm³/mol. The smallest absolute Gasteiger partial charge is 0.226 e. The Bertz CT molecular complexity index is 549. The van der Waals surface area contributed by atoms with Gasteiger partial charge in [0.2, 0.25) is 5.91 Å². The number of carbonyl (C=O) groups is 1. The maximum absolute atomic E-state index is 12.5. The number of nitrogens with zero attached hydrogens (tertiary/aromatic N) is 1. The lowest BCUT2D eigenvalue weighted by molar-refractivity contribution is -0.131. The van der Waals surface area contributed by atoms with Crippen molar-refractivity contribution in [2.24, 2.45) is 5.92 Å². The fraction of sp³-hybridized carbons (Fsp3) is 0.650. The van der Waals surface area contributed by atoms with Gasteiger partial charge in [0.25, 0.3) is 0 Å². The number of hydrogen-bond acceptors (Lipinski definition) is 1. The number of unbranched alkanes of at least 4 members (excludes halogenated alkanes) is 1. The first-order valence-electron chi connectivity index (χ1n) is 9.57. The first-order chi connectivity index (χ1) is 11.2. The molecule has 22 heavy (non-hydrogen) atoms. The van der Waals surface area contributed by atoms with Crippen molar-refractivity contribution in [3.8, 4) is 0 Å². The van der Waals surface area contributed by atoms with Gasteiger partial charge in [0.1, 0.15) is 0 Å². The highest BCUT2D eigenvalue weighted by atomic mass is 16.2. The van der Waals surface area contributed by atoms with Crippen molar-refractivity contribution in [2.45, 2.75) is 64.7 Å². The molecule has 0 spiro atoms. The maximum atomic E-state index is 12.5. The van der Waals surface area contributed by atoms with E-state index in [9.17, 15) is 4.79 Å². The Morgan fingerprint density at radius 1 is 1.32 bits per heavy atom. The van der Waals surface area contributed by atoms with Crippen molar-refractivity contribution < 1.29 is 6.17 Å². The molecule has 2 aliphatic rings. The number of rotatable bonds is 5. The van der Waals surface area contributed by atoms with Crippen LogP contribution < -0.4 is 0 Å². The van der Waals surface area contributed by atoms with Gasteiger partial charge in [-0.25, -0.2) is 0 Å². The van der Waals surface area contributed by atoms with Gasteiger partial charge in [0.15, 0.2) is 0 Å². The molecule has 1 saturated heterocycles. The summed E-state index contributed by atoms with van der Waals surface area (Å²) in [5.41, 5.74) is 3.53. The standard InChI is InChI=1S/C20H29NO/c1-2-3-5-16-10-12-21(13-11-16)20(22)15-17-8-9-18-6-4-7-19(18)14-17/h8-9,14,16H,2-7,10-13,15H2,1H3/i7D. The van der Waals surface area contributed by atoms with Gasteiger partial charge in [-0.3, -0.25) is 4.79 Å². The summed E-state index contributed by atoms with van der Waals surface area (Å²) in [5.74, 6) is 1.08. The highest BCUT2D eigenvalue weighted by molar-refractivity contribution is 5.79. The van der Waals surface area contributed by atoms with Crippen LogP contribution in [0, 0.1) is 5.92 Å². The van der Waals surface area contributed by atoms with Crippen molar-refractivity contribution in [3.05, 3.63) is 34.9 Å². The number of likely N-dealkylation sites (tertiary alicyclic amines) is 1. The number of fused-ring (bicyclic) bond motifs is 1. The Morgan fingerprint density at radius 2 is 2.14 bits per heavy atom. The minimum atomic E-state index is -0.0886. The summed E-state index contributed by atoms with van der Waals surface area (Å²) in [6.45, 7) is 4.11. The van der Waals surface area contributed by atoms with Gasteiger partial charge in [-0.05, 0) is 54.7 Å². The van der Waals surface area contributed by atoms with Gasteiger partial charge in [-0.2, -0.15) is 0 Å². The fourth-order valence-electron chi connectivity index (χ4n) is 3.81. The number of hydrogen-bond donors (Lipinski definition) is 0. The zero-order valence-corrected chi connectivity index (χ0v) is 13.8. The molecule has 1 aliphatic heterocycles. The second-order valence-electron chi connectivity index (χ2n) is 6.92. The molecule has 2 heteroatoms. The molecular formula is C20H29NO. The Hall–Kier alpha value is -1.31. The summed E-state index contributed by atoms with van der Waals surface area (Å²) < 4.78 is 8.07. The van der Waals surface area contributed by atoms with Crippen molar-refractivity contribution in [2.75, 3.05) is 13.1 Å². The molecule has 0 N–H and O–H groups in total. The van der Waals surface area contributed by atoms with Gasteiger partial charge >= 0.3 is 0 Å². The number of benzene rings is 1. The molecule has 0 bridgehead atoms. The molecule has 1 aliphatic carbocycles. The zero-order chi connectivity index (χ0) is 16.2. The third-order valence-corrected chi connectivity index (χ3v) is 5.28. The van der Waals surface area contributed by atoms with Crippen LogP contribution in [0.5, 0.6) is 0 Å². The first-order valence-corrected chi connectivity index (χ1v) is 8.99. The topological polar surface area (TPSA) is 20.3 Å². The van der Waals surface area contributed by atoms with Crippen LogP contribution in [0.15, 0.2) is 18.2 Å². The molecular weight excluding hydrogens is 270 g/mol. The van der Waals surface area contributed by atoms with Crippen LogP contribution >= 0.6 is 0 Å². The van der Waals surface area contributed by atoms with E-state index in [0.29, 0.717) is 6.42 Å². The van der Waals surface area contributed by atoms with E-state index < -0.39 is 0 Å². The van der Waals surface area contributed by atoms with Crippen LogP contribution in [0.25, 0.3) is 0 Å². The average molecular weight is 300 g/mol. The monoisotopic (exact) mass is 300 g/mol. The molecule has 2 nitrogen and oxygen atoms in total. The molecule has 0 radical (unpaired) electrons. The van der Waals surface area contributed by atoms with Crippen molar-refractivity contribution in [1.82, 2.24) is 4.90 Å². The third-order valence-electron chi connectivity index (χ3n) is 5.28. The lowest BCUT2D eigenvalue weighted by Crippen LogP contribution is -2.39. The van der Waals surface area contributed by atoms with E-state index in [2.05, 4.69) is 25.1 Å². The van der Waals surface area contributed by atoms with Gasteiger partial charge in [-0.15, -0.1) is 0 Å². The Morgan fingerprint density at radius 3 is 2.91 bits per heavy atom. The molecule has 1 heterocycles. The summed E-state index contributed by atoms with van der Waals surface area (Å²) in [5, 5.41) is 0. The number of amides is 1. The predicted octanol–water partition coefficient (Wildman–Crippen LogP) is 4.15. The molecule has 3 rings (SSSR count). The summed E-state index contributed by atoms with van der Waals surface area (Å²) in [7, 11) is 0. The number of piperidine rings is 1.